The molecule has 172 valence electrons. The molecule has 1 heterocycles. The summed E-state index contributed by atoms with van der Waals surface area (Å²) in [7, 11) is 0. The van der Waals surface area contributed by atoms with Crippen LogP contribution in [0.4, 0.5) is 10.1 Å². The van der Waals surface area contributed by atoms with Crippen LogP contribution in [0.15, 0.2) is 91.1 Å². The maximum Gasteiger partial charge on any atom is 0.123 e. The van der Waals surface area contributed by atoms with Crippen molar-refractivity contribution < 1.29 is 4.39 Å². The van der Waals surface area contributed by atoms with Gasteiger partial charge in [-0.05, 0) is 48.0 Å². The van der Waals surface area contributed by atoms with E-state index in [1.165, 1.54) is 12.1 Å². The van der Waals surface area contributed by atoms with Crippen LogP contribution >= 0.6 is 11.6 Å². The van der Waals surface area contributed by atoms with E-state index in [-0.39, 0.29) is 16.8 Å². The highest BCUT2D eigenvalue weighted by Crippen LogP contribution is 2.41. The van der Waals surface area contributed by atoms with Gasteiger partial charge in [0.05, 0.1) is 22.5 Å². The van der Waals surface area contributed by atoms with Crippen LogP contribution < -0.4 is 5.73 Å². The first-order chi connectivity index (χ1) is 17.5. The molecule has 0 aliphatic carbocycles. The lowest BCUT2D eigenvalue weighted by molar-refractivity contribution is 0.628. The lowest BCUT2D eigenvalue weighted by atomic mass is 9.89. The molecular formula is C29H17ClFN5. The summed E-state index contributed by atoms with van der Waals surface area (Å²) in [4.78, 5) is 0. The van der Waals surface area contributed by atoms with Gasteiger partial charge in [-0.2, -0.15) is 15.6 Å². The topological polar surface area (TPSA) is 91.4 Å². The van der Waals surface area contributed by atoms with Crippen molar-refractivity contribution in [2.24, 2.45) is 0 Å². The Labute approximate surface area is 212 Å². The third-order valence-corrected chi connectivity index (χ3v) is 6.14. The van der Waals surface area contributed by atoms with Gasteiger partial charge in [0.25, 0.3) is 0 Å². The molecule has 0 radical (unpaired) electrons. The molecule has 0 aliphatic heterocycles. The van der Waals surface area contributed by atoms with Gasteiger partial charge in [-0.15, -0.1) is 0 Å². The molecule has 4 aromatic carbocycles. The van der Waals surface area contributed by atoms with Gasteiger partial charge in [-0.25, -0.2) is 9.07 Å². The zero-order valence-corrected chi connectivity index (χ0v) is 19.5. The maximum absolute atomic E-state index is 13.6. The fourth-order valence-electron chi connectivity index (χ4n) is 4.12. The second-order valence-electron chi connectivity index (χ2n) is 8.04. The highest BCUT2D eigenvalue weighted by Gasteiger charge is 2.23. The van der Waals surface area contributed by atoms with Gasteiger partial charge in [0.2, 0.25) is 0 Å². The van der Waals surface area contributed by atoms with E-state index < -0.39 is 5.82 Å². The largest absolute Gasteiger partial charge is 0.397 e. The van der Waals surface area contributed by atoms with Crippen LogP contribution in [-0.4, -0.2) is 9.78 Å². The highest BCUT2D eigenvalue weighted by molar-refractivity contribution is 6.30. The van der Waals surface area contributed by atoms with E-state index in [1.54, 1.807) is 35.0 Å². The Morgan fingerprint density at radius 2 is 1.39 bits per heavy atom. The number of anilines is 1. The molecule has 0 spiro atoms. The minimum atomic E-state index is -0.395. The first-order valence-electron chi connectivity index (χ1n) is 10.9. The second-order valence-corrected chi connectivity index (χ2v) is 8.48. The third-order valence-electron chi connectivity index (χ3n) is 5.89. The molecule has 0 atom stereocenters. The summed E-state index contributed by atoms with van der Waals surface area (Å²) in [6.45, 7) is 0. The quantitative estimate of drug-likeness (QED) is 0.275. The molecule has 0 saturated heterocycles. The van der Waals surface area contributed by atoms with Crippen molar-refractivity contribution in [1.82, 2.24) is 9.78 Å². The van der Waals surface area contributed by atoms with E-state index in [0.717, 1.165) is 11.3 Å². The molecule has 7 heteroatoms. The van der Waals surface area contributed by atoms with Crippen LogP contribution in [0, 0.1) is 28.5 Å². The van der Waals surface area contributed by atoms with Crippen molar-refractivity contribution in [1.29, 1.82) is 10.5 Å². The number of nitrogen functional groups attached to an aromatic ring is 1. The Morgan fingerprint density at radius 3 is 2.03 bits per heavy atom. The summed E-state index contributed by atoms with van der Waals surface area (Å²) in [5.74, 6) is -0.395. The van der Waals surface area contributed by atoms with Crippen molar-refractivity contribution in [3.63, 3.8) is 0 Å². The number of aromatic nitrogens is 2. The maximum atomic E-state index is 13.6. The molecule has 0 unspecified atom stereocenters. The molecule has 0 fully saturated rings. The molecule has 1 aromatic heterocycles. The second kappa shape index (κ2) is 9.38. The van der Waals surface area contributed by atoms with E-state index in [4.69, 9.17) is 22.4 Å². The number of hydrogen-bond acceptors (Lipinski definition) is 4. The summed E-state index contributed by atoms with van der Waals surface area (Å²) >= 11 is 6.12. The smallest absolute Gasteiger partial charge is 0.123 e. The Hall–Kier alpha value is -4.91. The van der Waals surface area contributed by atoms with Gasteiger partial charge in [0.1, 0.15) is 23.6 Å². The van der Waals surface area contributed by atoms with Crippen LogP contribution in [0.2, 0.25) is 5.02 Å². The number of hydrogen-bond donors (Lipinski definition) is 1. The predicted molar refractivity (Wildman–Crippen MR) is 139 cm³/mol. The van der Waals surface area contributed by atoms with E-state index >= 15 is 0 Å². The van der Waals surface area contributed by atoms with Crippen molar-refractivity contribution >= 4 is 17.3 Å². The Bertz CT molecular complexity index is 1660. The number of para-hydroxylation sites is 1. The van der Waals surface area contributed by atoms with Gasteiger partial charge < -0.3 is 5.73 Å². The summed E-state index contributed by atoms with van der Waals surface area (Å²) < 4.78 is 15.3. The predicted octanol–water partition coefficient (Wildman–Crippen LogP) is 6.99. The molecule has 2 N–H and O–H groups in total. The number of nitriles is 2. The molecule has 5 rings (SSSR count). The van der Waals surface area contributed by atoms with Crippen molar-refractivity contribution in [3.8, 4) is 51.3 Å². The molecule has 36 heavy (non-hydrogen) atoms. The van der Waals surface area contributed by atoms with Crippen LogP contribution in [0.3, 0.4) is 0 Å². The van der Waals surface area contributed by atoms with Crippen LogP contribution in [0.25, 0.3) is 39.2 Å². The average molecular weight is 490 g/mol. The average Bonchev–Trinajstić information content (AvgIpc) is 3.35. The number of nitrogens with two attached hydrogens (primary N) is 1. The normalized spacial score (nSPS) is 10.6. The molecule has 5 nitrogen and oxygen atoms in total. The fourth-order valence-corrected chi connectivity index (χ4v) is 4.25. The molecule has 0 saturated carbocycles. The van der Waals surface area contributed by atoms with Gasteiger partial charge in [-0.1, -0.05) is 54.1 Å². The number of nitrogens with zero attached hydrogens (tertiary/aromatic N) is 4. The van der Waals surface area contributed by atoms with Crippen LogP contribution in [-0.2, 0) is 0 Å². The number of rotatable bonds is 4. The van der Waals surface area contributed by atoms with Crippen LogP contribution in [0.5, 0.6) is 0 Å². The van der Waals surface area contributed by atoms with E-state index in [2.05, 4.69) is 12.1 Å². The summed E-state index contributed by atoms with van der Waals surface area (Å²) in [6.07, 6.45) is 1.83. The van der Waals surface area contributed by atoms with Crippen molar-refractivity contribution in [2.75, 3.05) is 5.73 Å². The third kappa shape index (κ3) is 4.07. The molecule has 0 aliphatic rings. The monoisotopic (exact) mass is 489 g/mol. The highest BCUT2D eigenvalue weighted by atomic mass is 35.5. The van der Waals surface area contributed by atoms with Gasteiger partial charge in [-0.3, -0.25) is 0 Å². The number of benzene rings is 4. The minimum absolute atomic E-state index is 0.0614. The lowest BCUT2D eigenvalue weighted by Crippen LogP contribution is -2.01. The Balaban J connectivity index is 1.82. The Kier molecular flexibility index (Phi) is 5.96. The Morgan fingerprint density at radius 1 is 0.778 bits per heavy atom. The zero-order chi connectivity index (χ0) is 25.2. The SMILES string of the molecule is N#Cc1c(-c2ccc(F)cc2)cc(-c2cn(-c3ccccc3)nc2-c2ccc(Cl)cc2)c(C#N)c1N. The molecular weight excluding hydrogens is 473 g/mol. The number of halogens is 2. The first kappa shape index (κ1) is 22.9. The van der Waals surface area contributed by atoms with Gasteiger partial charge in [0.15, 0.2) is 0 Å². The van der Waals surface area contributed by atoms with E-state index in [1.807, 2.05) is 48.7 Å². The lowest BCUT2D eigenvalue weighted by Gasteiger charge is -2.14. The van der Waals surface area contributed by atoms with Crippen molar-refractivity contribution in [2.45, 2.75) is 0 Å². The van der Waals surface area contributed by atoms with E-state index in [9.17, 15) is 14.9 Å². The zero-order valence-electron chi connectivity index (χ0n) is 18.8. The summed E-state index contributed by atoms with van der Waals surface area (Å²) in [5, 5.41) is 25.3. The fraction of sp³-hybridized carbons (Fsp3) is 0. The first-order valence-corrected chi connectivity index (χ1v) is 11.3. The minimum Gasteiger partial charge on any atom is -0.397 e. The van der Waals surface area contributed by atoms with Gasteiger partial charge in [0, 0.05) is 33.5 Å². The van der Waals surface area contributed by atoms with E-state index in [0.29, 0.717) is 33.0 Å². The summed E-state index contributed by atoms with van der Waals surface area (Å²) in [5.41, 5.74) is 11.3. The molecule has 0 amide bonds. The van der Waals surface area contributed by atoms with Crippen molar-refractivity contribution in [3.05, 3.63) is 113 Å². The molecule has 5 aromatic rings. The molecule has 0 bridgehead atoms. The van der Waals surface area contributed by atoms with Gasteiger partial charge >= 0.3 is 0 Å². The summed E-state index contributed by atoms with van der Waals surface area (Å²) in [6, 6.07) is 28.6. The van der Waals surface area contributed by atoms with Crippen LogP contribution in [0.1, 0.15) is 11.1 Å². The standard InChI is InChI=1S/C29H17ClFN5/c30-20-10-6-19(7-11-20)29-27(17-36(35-29)22-4-2-1-3-5-22)24-14-23(18-8-12-21(31)13-9-18)25(15-32)28(34)26(24)16-33/h1-14,17H,34H2.